The standard InChI is InChI=1S/C14H30N2O/c1-4-8-16(9-5-2)11-14(15-6-3)13-7-10-17-12-13/h13-15H,4-12H2,1-3H3. The van der Waals surface area contributed by atoms with E-state index in [4.69, 9.17) is 4.74 Å². The average molecular weight is 242 g/mol. The number of nitrogens with zero attached hydrogens (tertiary/aromatic N) is 1. The van der Waals surface area contributed by atoms with Gasteiger partial charge < -0.3 is 15.0 Å². The predicted molar refractivity (Wildman–Crippen MR) is 73.4 cm³/mol. The molecule has 0 aromatic heterocycles. The van der Waals surface area contributed by atoms with E-state index in [1.165, 1.54) is 38.9 Å². The van der Waals surface area contributed by atoms with E-state index in [1.807, 2.05) is 0 Å². The molecule has 1 aliphatic rings. The van der Waals surface area contributed by atoms with Crippen molar-refractivity contribution in [1.82, 2.24) is 10.2 Å². The molecule has 3 nitrogen and oxygen atoms in total. The Kier molecular flexibility index (Phi) is 7.82. The van der Waals surface area contributed by atoms with Crippen LogP contribution in [0.15, 0.2) is 0 Å². The maximum atomic E-state index is 5.53. The van der Waals surface area contributed by atoms with Crippen LogP contribution in [0.1, 0.15) is 40.0 Å². The Labute approximate surface area is 107 Å². The first kappa shape index (κ1) is 14.9. The maximum absolute atomic E-state index is 5.53. The monoisotopic (exact) mass is 242 g/mol. The van der Waals surface area contributed by atoms with Crippen molar-refractivity contribution in [2.75, 3.05) is 39.4 Å². The van der Waals surface area contributed by atoms with Gasteiger partial charge in [-0.25, -0.2) is 0 Å². The molecule has 102 valence electrons. The molecule has 0 aromatic carbocycles. The van der Waals surface area contributed by atoms with Crippen molar-refractivity contribution < 1.29 is 4.74 Å². The Balaban J connectivity index is 2.43. The van der Waals surface area contributed by atoms with E-state index in [-0.39, 0.29) is 0 Å². The fourth-order valence-corrected chi connectivity index (χ4v) is 2.72. The second-order valence-corrected chi connectivity index (χ2v) is 5.09. The summed E-state index contributed by atoms with van der Waals surface area (Å²) >= 11 is 0. The van der Waals surface area contributed by atoms with Crippen molar-refractivity contribution in [3.8, 4) is 0 Å². The first-order valence-electron chi connectivity index (χ1n) is 7.35. The third kappa shape index (κ3) is 5.36. The van der Waals surface area contributed by atoms with Crippen LogP contribution in [0.2, 0.25) is 0 Å². The molecule has 1 rings (SSSR count). The molecule has 2 atom stereocenters. The number of likely N-dealkylation sites (N-methyl/N-ethyl adjacent to an activating group) is 1. The summed E-state index contributed by atoms with van der Waals surface area (Å²) in [6.07, 6.45) is 3.73. The molecule has 0 aromatic rings. The fraction of sp³-hybridized carbons (Fsp3) is 1.00. The summed E-state index contributed by atoms with van der Waals surface area (Å²) in [6, 6.07) is 0.612. The molecule has 1 heterocycles. The van der Waals surface area contributed by atoms with Gasteiger partial charge in [0, 0.05) is 25.1 Å². The first-order chi connectivity index (χ1) is 8.31. The van der Waals surface area contributed by atoms with E-state index in [0.717, 1.165) is 19.8 Å². The van der Waals surface area contributed by atoms with Crippen LogP contribution in [0, 0.1) is 5.92 Å². The van der Waals surface area contributed by atoms with E-state index < -0.39 is 0 Å². The molecule has 1 saturated heterocycles. The van der Waals surface area contributed by atoms with Crippen molar-refractivity contribution in [2.45, 2.75) is 46.1 Å². The van der Waals surface area contributed by atoms with Crippen molar-refractivity contribution in [1.29, 1.82) is 0 Å². The summed E-state index contributed by atoms with van der Waals surface area (Å²) in [6.45, 7) is 13.3. The largest absolute Gasteiger partial charge is 0.381 e. The van der Waals surface area contributed by atoms with Gasteiger partial charge in [-0.05, 0) is 38.9 Å². The minimum atomic E-state index is 0.612. The molecule has 0 spiro atoms. The minimum Gasteiger partial charge on any atom is -0.381 e. The average Bonchev–Trinajstić information content (AvgIpc) is 2.82. The predicted octanol–water partition coefficient (Wildman–Crippen LogP) is 2.12. The SMILES string of the molecule is CCCN(CCC)CC(NCC)C1CCOC1. The zero-order chi connectivity index (χ0) is 12.5. The summed E-state index contributed by atoms with van der Waals surface area (Å²) in [4.78, 5) is 2.60. The molecule has 0 bridgehead atoms. The molecule has 2 unspecified atom stereocenters. The molecule has 17 heavy (non-hydrogen) atoms. The summed E-state index contributed by atoms with van der Waals surface area (Å²) < 4.78 is 5.53. The summed E-state index contributed by atoms with van der Waals surface area (Å²) in [7, 11) is 0. The van der Waals surface area contributed by atoms with E-state index in [0.29, 0.717) is 12.0 Å². The van der Waals surface area contributed by atoms with Crippen LogP contribution in [-0.2, 0) is 4.74 Å². The zero-order valence-corrected chi connectivity index (χ0v) is 11.9. The second kappa shape index (κ2) is 8.90. The van der Waals surface area contributed by atoms with Gasteiger partial charge >= 0.3 is 0 Å². The quantitative estimate of drug-likeness (QED) is 0.670. The molecule has 1 N–H and O–H groups in total. The lowest BCUT2D eigenvalue weighted by Crippen LogP contribution is -2.46. The highest BCUT2D eigenvalue weighted by Crippen LogP contribution is 2.18. The van der Waals surface area contributed by atoms with Crippen LogP contribution in [0.4, 0.5) is 0 Å². The molecule has 1 aliphatic heterocycles. The number of hydrogen-bond donors (Lipinski definition) is 1. The summed E-state index contributed by atoms with van der Waals surface area (Å²) in [5.41, 5.74) is 0. The molecule has 1 fully saturated rings. The Morgan fingerprint density at radius 3 is 2.41 bits per heavy atom. The van der Waals surface area contributed by atoms with Crippen LogP contribution in [0.5, 0.6) is 0 Å². The van der Waals surface area contributed by atoms with Crippen molar-refractivity contribution in [2.24, 2.45) is 5.92 Å². The number of hydrogen-bond acceptors (Lipinski definition) is 3. The summed E-state index contributed by atoms with van der Waals surface area (Å²) in [5.74, 6) is 0.714. The van der Waals surface area contributed by atoms with Gasteiger partial charge in [0.05, 0.1) is 6.61 Å². The minimum absolute atomic E-state index is 0.612. The normalized spacial score (nSPS) is 22.2. The van der Waals surface area contributed by atoms with Gasteiger partial charge in [0.2, 0.25) is 0 Å². The van der Waals surface area contributed by atoms with E-state index >= 15 is 0 Å². The molecule has 0 saturated carbocycles. The number of nitrogens with one attached hydrogen (secondary N) is 1. The molecule has 0 radical (unpaired) electrons. The molecular formula is C14H30N2O. The Morgan fingerprint density at radius 2 is 1.94 bits per heavy atom. The lowest BCUT2D eigenvalue weighted by molar-refractivity contribution is 0.161. The molecule has 3 heteroatoms. The third-order valence-corrected chi connectivity index (χ3v) is 3.53. The highest BCUT2D eigenvalue weighted by atomic mass is 16.5. The Bertz CT molecular complexity index is 175. The van der Waals surface area contributed by atoms with Crippen LogP contribution in [0.3, 0.4) is 0 Å². The van der Waals surface area contributed by atoms with Crippen LogP contribution < -0.4 is 5.32 Å². The lowest BCUT2D eigenvalue weighted by Gasteiger charge is -2.30. The van der Waals surface area contributed by atoms with Gasteiger partial charge in [-0.15, -0.1) is 0 Å². The van der Waals surface area contributed by atoms with Crippen LogP contribution in [-0.4, -0.2) is 50.3 Å². The van der Waals surface area contributed by atoms with E-state index in [1.54, 1.807) is 0 Å². The van der Waals surface area contributed by atoms with Crippen molar-refractivity contribution in [3.05, 3.63) is 0 Å². The summed E-state index contributed by atoms with van der Waals surface area (Å²) in [5, 5.41) is 3.65. The lowest BCUT2D eigenvalue weighted by atomic mass is 9.98. The van der Waals surface area contributed by atoms with E-state index in [9.17, 15) is 0 Å². The number of rotatable bonds is 9. The highest BCUT2D eigenvalue weighted by Gasteiger charge is 2.26. The van der Waals surface area contributed by atoms with E-state index in [2.05, 4.69) is 31.0 Å². The van der Waals surface area contributed by atoms with Gasteiger partial charge in [-0.2, -0.15) is 0 Å². The Morgan fingerprint density at radius 1 is 1.24 bits per heavy atom. The van der Waals surface area contributed by atoms with Crippen LogP contribution in [0.25, 0.3) is 0 Å². The molecular weight excluding hydrogens is 212 g/mol. The second-order valence-electron chi connectivity index (χ2n) is 5.09. The topological polar surface area (TPSA) is 24.5 Å². The highest BCUT2D eigenvalue weighted by molar-refractivity contribution is 4.82. The van der Waals surface area contributed by atoms with Crippen molar-refractivity contribution >= 4 is 0 Å². The smallest absolute Gasteiger partial charge is 0.0510 e. The van der Waals surface area contributed by atoms with Crippen molar-refractivity contribution in [3.63, 3.8) is 0 Å². The Hall–Kier alpha value is -0.120. The molecule has 0 amide bonds. The van der Waals surface area contributed by atoms with Gasteiger partial charge in [0.15, 0.2) is 0 Å². The maximum Gasteiger partial charge on any atom is 0.0510 e. The molecule has 0 aliphatic carbocycles. The number of ether oxygens (including phenoxy) is 1. The van der Waals surface area contributed by atoms with Gasteiger partial charge in [-0.1, -0.05) is 20.8 Å². The van der Waals surface area contributed by atoms with Crippen LogP contribution >= 0.6 is 0 Å². The first-order valence-corrected chi connectivity index (χ1v) is 7.35. The van der Waals surface area contributed by atoms with Gasteiger partial charge in [0.1, 0.15) is 0 Å². The zero-order valence-electron chi connectivity index (χ0n) is 11.9. The van der Waals surface area contributed by atoms with Gasteiger partial charge in [-0.3, -0.25) is 0 Å². The van der Waals surface area contributed by atoms with Gasteiger partial charge in [0.25, 0.3) is 0 Å². The third-order valence-electron chi connectivity index (χ3n) is 3.53. The fourth-order valence-electron chi connectivity index (χ4n) is 2.72.